The first-order chi connectivity index (χ1) is 2.84. The zero-order valence-electron chi connectivity index (χ0n) is 4.27. The minimum Gasteiger partial charge on any atom is -0.381 e. The molecule has 1 heteroatoms. The minimum atomic E-state index is 0.602. The van der Waals surface area contributed by atoms with Gasteiger partial charge >= 0.3 is 0 Å². The predicted molar refractivity (Wildman–Crippen MR) is 24.6 cm³/mol. The summed E-state index contributed by atoms with van der Waals surface area (Å²) in [6.07, 6.45) is 1.88. The molecule has 0 aromatic carbocycles. The van der Waals surface area contributed by atoms with Crippen LogP contribution in [-0.4, -0.2) is 13.2 Å². The lowest BCUT2D eigenvalue weighted by Crippen LogP contribution is -1.85. The Morgan fingerprint density at radius 2 is 2.17 bits per heavy atom. The molecule has 0 radical (unpaired) electrons. The molecular formula is C5H10O. The zero-order valence-corrected chi connectivity index (χ0v) is 4.27. The fourth-order valence-corrected chi connectivity index (χ4v) is 0.616. The van der Waals surface area contributed by atoms with Crippen LogP contribution in [0.1, 0.15) is 13.3 Å². The quantitative estimate of drug-likeness (QED) is 0.463. The first-order valence-electron chi connectivity index (χ1n) is 2.37. The van der Waals surface area contributed by atoms with Crippen molar-refractivity contribution in [1.82, 2.24) is 0 Å². The number of ether oxygens (including phenoxy) is 1. The van der Waals surface area contributed by atoms with E-state index < -0.39 is 0 Å². The molecule has 0 aliphatic heterocycles. The van der Waals surface area contributed by atoms with Crippen molar-refractivity contribution in [2.75, 3.05) is 7.11 Å². The fourth-order valence-electron chi connectivity index (χ4n) is 0.616. The molecule has 1 fully saturated rings. The lowest BCUT2D eigenvalue weighted by atomic mass is 10.5. The van der Waals surface area contributed by atoms with E-state index in [0.29, 0.717) is 6.10 Å². The second-order valence-electron chi connectivity index (χ2n) is 1.99. The topological polar surface area (TPSA) is 9.23 Å². The number of rotatable bonds is 1. The van der Waals surface area contributed by atoms with Gasteiger partial charge in [0.05, 0.1) is 6.10 Å². The molecule has 36 valence electrons. The predicted octanol–water partition coefficient (Wildman–Crippen LogP) is 1.04. The second kappa shape index (κ2) is 1.23. The lowest BCUT2D eigenvalue weighted by molar-refractivity contribution is 0.172. The third-order valence-corrected chi connectivity index (χ3v) is 1.34. The van der Waals surface area contributed by atoms with Gasteiger partial charge in [0.25, 0.3) is 0 Å². The molecule has 0 saturated heterocycles. The van der Waals surface area contributed by atoms with Gasteiger partial charge in [-0.05, 0) is 12.3 Å². The van der Waals surface area contributed by atoms with Crippen molar-refractivity contribution < 1.29 is 4.74 Å². The summed E-state index contributed by atoms with van der Waals surface area (Å²) in [4.78, 5) is 0. The van der Waals surface area contributed by atoms with Gasteiger partial charge < -0.3 is 4.74 Å². The molecule has 1 aliphatic rings. The normalized spacial score (nSPS) is 43.0. The van der Waals surface area contributed by atoms with Crippen LogP contribution in [0.15, 0.2) is 0 Å². The van der Waals surface area contributed by atoms with Gasteiger partial charge in [0.15, 0.2) is 0 Å². The van der Waals surface area contributed by atoms with E-state index in [1.165, 1.54) is 6.42 Å². The van der Waals surface area contributed by atoms with Gasteiger partial charge in [-0.3, -0.25) is 0 Å². The number of hydrogen-bond donors (Lipinski definition) is 0. The van der Waals surface area contributed by atoms with Crippen molar-refractivity contribution in [3.8, 4) is 0 Å². The van der Waals surface area contributed by atoms with Crippen LogP contribution in [0.25, 0.3) is 0 Å². The third kappa shape index (κ3) is 0.548. The first-order valence-corrected chi connectivity index (χ1v) is 2.37. The highest BCUT2D eigenvalue weighted by Crippen LogP contribution is 2.31. The highest BCUT2D eigenvalue weighted by Gasteiger charge is 2.31. The molecule has 0 N–H and O–H groups in total. The summed E-state index contributed by atoms with van der Waals surface area (Å²) in [6, 6.07) is 0. The summed E-state index contributed by atoms with van der Waals surface area (Å²) < 4.78 is 4.97. The Morgan fingerprint density at radius 3 is 2.17 bits per heavy atom. The van der Waals surface area contributed by atoms with Crippen molar-refractivity contribution >= 4 is 0 Å². The summed E-state index contributed by atoms with van der Waals surface area (Å²) in [7, 11) is 1.77. The van der Waals surface area contributed by atoms with Gasteiger partial charge in [-0.2, -0.15) is 0 Å². The maximum atomic E-state index is 4.97. The van der Waals surface area contributed by atoms with Gasteiger partial charge in [0, 0.05) is 7.11 Å². The van der Waals surface area contributed by atoms with Crippen LogP contribution >= 0.6 is 0 Å². The second-order valence-corrected chi connectivity index (χ2v) is 1.99. The van der Waals surface area contributed by atoms with E-state index in [-0.39, 0.29) is 0 Å². The Balaban J connectivity index is 2.09. The van der Waals surface area contributed by atoms with Crippen LogP contribution in [0.4, 0.5) is 0 Å². The molecule has 2 atom stereocenters. The van der Waals surface area contributed by atoms with Gasteiger partial charge in [-0.25, -0.2) is 0 Å². The van der Waals surface area contributed by atoms with E-state index in [1.54, 1.807) is 7.11 Å². The van der Waals surface area contributed by atoms with E-state index >= 15 is 0 Å². The zero-order chi connectivity index (χ0) is 4.57. The molecule has 6 heavy (non-hydrogen) atoms. The molecule has 1 nitrogen and oxygen atoms in total. The smallest absolute Gasteiger partial charge is 0.0601 e. The highest BCUT2D eigenvalue weighted by molar-refractivity contribution is 4.82. The summed E-state index contributed by atoms with van der Waals surface area (Å²) in [5, 5.41) is 0. The summed E-state index contributed by atoms with van der Waals surface area (Å²) in [5.41, 5.74) is 0. The molecule has 1 rings (SSSR count). The molecule has 0 aromatic heterocycles. The fraction of sp³-hybridized carbons (Fsp3) is 1.00. The minimum absolute atomic E-state index is 0.602. The van der Waals surface area contributed by atoms with E-state index in [1.807, 2.05) is 0 Å². The molecule has 0 unspecified atom stereocenters. The Bertz CT molecular complexity index is 49.9. The average Bonchev–Trinajstić information content (AvgIpc) is 2.19. The van der Waals surface area contributed by atoms with Crippen LogP contribution in [-0.2, 0) is 4.74 Å². The van der Waals surface area contributed by atoms with Gasteiger partial charge in [0.2, 0.25) is 0 Å². The first kappa shape index (κ1) is 4.13. The summed E-state index contributed by atoms with van der Waals surface area (Å²) in [6.45, 7) is 2.20. The molecule has 0 amide bonds. The number of hydrogen-bond acceptors (Lipinski definition) is 1. The van der Waals surface area contributed by atoms with Gasteiger partial charge in [0.1, 0.15) is 0 Å². The van der Waals surface area contributed by atoms with Crippen LogP contribution in [0.5, 0.6) is 0 Å². The van der Waals surface area contributed by atoms with Crippen LogP contribution in [0.3, 0.4) is 0 Å². The monoisotopic (exact) mass is 86.1 g/mol. The Kier molecular flexibility index (Phi) is 0.845. The molecular weight excluding hydrogens is 76.1 g/mol. The van der Waals surface area contributed by atoms with E-state index in [9.17, 15) is 0 Å². The van der Waals surface area contributed by atoms with Crippen LogP contribution in [0.2, 0.25) is 0 Å². The number of methoxy groups -OCH3 is 1. The lowest BCUT2D eigenvalue weighted by Gasteiger charge is -1.84. The van der Waals surface area contributed by atoms with Gasteiger partial charge in [-0.1, -0.05) is 6.92 Å². The van der Waals surface area contributed by atoms with E-state index in [4.69, 9.17) is 4.74 Å². The Labute approximate surface area is 38.3 Å². The molecule has 0 bridgehead atoms. The molecule has 0 spiro atoms. The molecule has 1 saturated carbocycles. The maximum absolute atomic E-state index is 4.97. The Morgan fingerprint density at radius 1 is 1.67 bits per heavy atom. The maximum Gasteiger partial charge on any atom is 0.0601 e. The summed E-state index contributed by atoms with van der Waals surface area (Å²) in [5.74, 6) is 0.843. The standard InChI is InChI=1S/C5H10O/c1-4-3-5(4)6-2/h4-5H,3H2,1-2H3/t4-,5-/m1/s1. The van der Waals surface area contributed by atoms with Crippen molar-refractivity contribution in [2.24, 2.45) is 5.92 Å². The Hall–Kier alpha value is -0.0400. The van der Waals surface area contributed by atoms with Crippen LogP contribution in [0, 0.1) is 5.92 Å². The largest absolute Gasteiger partial charge is 0.381 e. The third-order valence-electron chi connectivity index (χ3n) is 1.34. The molecule has 0 heterocycles. The van der Waals surface area contributed by atoms with Crippen molar-refractivity contribution in [3.63, 3.8) is 0 Å². The van der Waals surface area contributed by atoms with Gasteiger partial charge in [-0.15, -0.1) is 0 Å². The van der Waals surface area contributed by atoms with Crippen molar-refractivity contribution in [3.05, 3.63) is 0 Å². The van der Waals surface area contributed by atoms with E-state index in [2.05, 4.69) is 6.92 Å². The van der Waals surface area contributed by atoms with Crippen molar-refractivity contribution in [1.29, 1.82) is 0 Å². The van der Waals surface area contributed by atoms with Crippen molar-refractivity contribution in [2.45, 2.75) is 19.4 Å². The molecule has 1 aliphatic carbocycles. The molecule has 0 aromatic rings. The summed E-state index contributed by atoms with van der Waals surface area (Å²) >= 11 is 0. The highest BCUT2D eigenvalue weighted by atomic mass is 16.5. The van der Waals surface area contributed by atoms with E-state index in [0.717, 1.165) is 5.92 Å². The average molecular weight is 86.1 g/mol. The SMILES string of the molecule is CO[C@@H]1C[C@H]1C. The van der Waals surface area contributed by atoms with Crippen LogP contribution < -0.4 is 0 Å².